The minimum absolute atomic E-state index is 0.0196. The molecule has 390 valence electrons. The van der Waals surface area contributed by atoms with E-state index in [1.54, 1.807) is 0 Å². The second-order valence-electron chi connectivity index (χ2n) is 17.3. The van der Waals surface area contributed by atoms with E-state index in [2.05, 4.69) is 115 Å². The summed E-state index contributed by atoms with van der Waals surface area (Å²) >= 11 is 0. The Balaban J connectivity index is 2.37. The van der Waals surface area contributed by atoms with Crippen molar-refractivity contribution in [3.63, 3.8) is 0 Å². The third-order valence-corrected chi connectivity index (χ3v) is 11.7. The molecule has 6 atom stereocenters. The van der Waals surface area contributed by atoms with Gasteiger partial charge >= 0.3 is 16.4 Å². The van der Waals surface area contributed by atoms with E-state index in [1.165, 1.54) is 38.5 Å². The molecule has 0 amide bonds. The van der Waals surface area contributed by atoms with Crippen molar-refractivity contribution in [1.29, 1.82) is 0 Å². The van der Waals surface area contributed by atoms with Crippen LogP contribution >= 0.6 is 0 Å². The van der Waals surface area contributed by atoms with E-state index in [1.807, 2.05) is 0 Å². The van der Waals surface area contributed by atoms with Gasteiger partial charge in [0.05, 0.1) is 19.8 Å². The van der Waals surface area contributed by atoms with E-state index in [4.69, 9.17) is 18.9 Å². The molecule has 0 radical (unpaired) electrons. The lowest BCUT2D eigenvalue weighted by molar-refractivity contribution is -0.301. The van der Waals surface area contributed by atoms with E-state index in [-0.39, 0.29) is 19.6 Å². The SMILES string of the molecule is CC/C=C\C/C=C\C/C=C\C/C=C\CCCCCCCCCCCOCC(COC1OC(CO)C(O)C(OS(=O)(=O)O)C1O)OC(=O)CCCCCCCC/C=C\C/C=C\C/C=C\C/C=C\CC. The number of allylic oxidation sites excluding steroid dienone is 16. The molecule has 0 aromatic rings. The van der Waals surface area contributed by atoms with E-state index < -0.39 is 59.8 Å². The smallest absolute Gasteiger partial charge is 0.397 e. The zero-order valence-corrected chi connectivity index (χ0v) is 42.7. The van der Waals surface area contributed by atoms with Crippen LogP contribution in [-0.2, 0) is 38.3 Å². The molecule has 1 aliphatic rings. The van der Waals surface area contributed by atoms with E-state index in [9.17, 15) is 33.1 Å². The van der Waals surface area contributed by atoms with Gasteiger partial charge in [0, 0.05) is 13.0 Å². The molecule has 0 aromatic heterocycles. The van der Waals surface area contributed by atoms with Crippen LogP contribution in [0.15, 0.2) is 97.2 Å². The predicted molar refractivity (Wildman–Crippen MR) is 275 cm³/mol. The molecule has 0 spiro atoms. The Morgan fingerprint density at radius 2 is 0.971 bits per heavy atom. The third kappa shape index (κ3) is 37.9. The molecule has 1 saturated heterocycles. The Kier molecular flexibility index (Phi) is 41.9. The number of carbonyl (C=O) groups is 1. The maximum absolute atomic E-state index is 12.9. The van der Waals surface area contributed by atoms with Crippen LogP contribution in [0, 0.1) is 0 Å². The first-order valence-electron chi connectivity index (χ1n) is 26.0. The molecule has 0 aromatic carbocycles. The standard InChI is InChI=1S/C55H92O12S/c1-3-5-7-9-11-13-15-17-19-21-23-24-25-27-29-31-33-35-37-39-41-43-45-63-47-49(48-64-55-53(59)54(67-68(60,61)62)52(58)50(46-56)66-55)65-51(57)44-42-40-38-36-34-32-30-28-26-22-20-18-16-14-12-10-8-6-4-2/h5-8,11-14,17-20,23-24,26,28,49-50,52-56,58-59H,3-4,9-10,15-16,21-22,25,27,29-48H2,1-2H3,(H,60,61,62)/b7-5-,8-6-,13-11-,14-12-,19-17-,20-18-,24-23-,28-26-. The van der Waals surface area contributed by atoms with Gasteiger partial charge in [-0.2, -0.15) is 8.42 Å². The molecule has 1 fully saturated rings. The zero-order valence-electron chi connectivity index (χ0n) is 41.9. The van der Waals surface area contributed by atoms with Crippen LogP contribution in [-0.4, -0.2) is 97.5 Å². The van der Waals surface area contributed by atoms with Crippen molar-refractivity contribution in [2.45, 2.75) is 218 Å². The maximum Gasteiger partial charge on any atom is 0.397 e. The Hall–Kier alpha value is -2.98. The predicted octanol–water partition coefficient (Wildman–Crippen LogP) is 12.2. The molecule has 68 heavy (non-hydrogen) atoms. The topological polar surface area (TPSA) is 178 Å². The first-order valence-corrected chi connectivity index (χ1v) is 27.4. The lowest BCUT2D eigenvalue weighted by Gasteiger charge is -2.41. The van der Waals surface area contributed by atoms with Gasteiger partial charge in [-0.3, -0.25) is 9.35 Å². The number of aliphatic hydroxyl groups excluding tert-OH is 3. The van der Waals surface area contributed by atoms with Gasteiger partial charge in [-0.05, 0) is 89.9 Å². The van der Waals surface area contributed by atoms with Gasteiger partial charge in [-0.25, -0.2) is 4.18 Å². The van der Waals surface area contributed by atoms with Gasteiger partial charge in [-0.15, -0.1) is 0 Å². The second-order valence-corrected chi connectivity index (χ2v) is 18.4. The number of ether oxygens (including phenoxy) is 4. The minimum Gasteiger partial charge on any atom is -0.457 e. The number of unbranched alkanes of at least 4 members (excludes halogenated alkanes) is 15. The van der Waals surface area contributed by atoms with Gasteiger partial charge in [-0.1, -0.05) is 182 Å². The van der Waals surface area contributed by atoms with Crippen LogP contribution in [0.1, 0.15) is 181 Å². The Labute approximate surface area is 412 Å². The number of hydrogen-bond acceptors (Lipinski definition) is 11. The monoisotopic (exact) mass is 977 g/mol. The summed E-state index contributed by atoms with van der Waals surface area (Å²) in [6.07, 6.45) is 52.9. The van der Waals surface area contributed by atoms with Crippen molar-refractivity contribution in [3.05, 3.63) is 97.2 Å². The molecule has 1 heterocycles. The molecule has 1 rings (SSSR count). The first-order chi connectivity index (χ1) is 33.1. The Bertz CT molecular complexity index is 1550. The second kappa shape index (κ2) is 45.2. The molecular formula is C55H92O12S. The van der Waals surface area contributed by atoms with Gasteiger partial charge < -0.3 is 34.3 Å². The number of hydrogen-bond donors (Lipinski definition) is 4. The largest absolute Gasteiger partial charge is 0.457 e. The van der Waals surface area contributed by atoms with E-state index in [0.717, 1.165) is 116 Å². The van der Waals surface area contributed by atoms with Crippen molar-refractivity contribution < 1.29 is 56.2 Å². The van der Waals surface area contributed by atoms with Gasteiger partial charge in [0.25, 0.3) is 0 Å². The highest BCUT2D eigenvalue weighted by Crippen LogP contribution is 2.26. The number of esters is 1. The van der Waals surface area contributed by atoms with Crippen LogP contribution in [0.25, 0.3) is 0 Å². The highest BCUT2D eigenvalue weighted by molar-refractivity contribution is 7.80. The molecule has 6 unspecified atom stereocenters. The minimum atomic E-state index is -5.07. The van der Waals surface area contributed by atoms with Crippen LogP contribution < -0.4 is 0 Å². The summed E-state index contributed by atoms with van der Waals surface area (Å²) < 4.78 is 59.3. The fraction of sp³-hybridized carbons (Fsp3) is 0.691. The molecular weight excluding hydrogens is 885 g/mol. The van der Waals surface area contributed by atoms with Gasteiger partial charge in [0.15, 0.2) is 6.29 Å². The summed E-state index contributed by atoms with van der Waals surface area (Å²) in [6, 6.07) is 0. The lowest BCUT2D eigenvalue weighted by Crippen LogP contribution is -2.60. The number of aliphatic hydroxyl groups is 3. The molecule has 13 heteroatoms. The summed E-state index contributed by atoms with van der Waals surface area (Å²) in [5, 5.41) is 30.8. The summed E-state index contributed by atoms with van der Waals surface area (Å²) in [5.41, 5.74) is 0. The normalized spacial score (nSPS) is 20.1. The highest BCUT2D eigenvalue weighted by Gasteiger charge is 2.48. The maximum atomic E-state index is 12.9. The zero-order chi connectivity index (χ0) is 49.6. The Morgan fingerprint density at radius 3 is 1.41 bits per heavy atom. The quantitative estimate of drug-likeness (QED) is 0.0197. The molecule has 4 N–H and O–H groups in total. The average molecular weight is 977 g/mol. The van der Waals surface area contributed by atoms with Crippen LogP contribution in [0.4, 0.5) is 0 Å². The lowest BCUT2D eigenvalue weighted by atomic mass is 9.99. The molecule has 1 aliphatic heterocycles. The van der Waals surface area contributed by atoms with Crippen molar-refractivity contribution in [3.8, 4) is 0 Å². The summed E-state index contributed by atoms with van der Waals surface area (Å²) in [7, 11) is -5.07. The summed E-state index contributed by atoms with van der Waals surface area (Å²) in [4.78, 5) is 12.9. The fourth-order valence-electron chi connectivity index (χ4n) is 7.36. The summed E-state index contributed by atoms with van der Waals surface area (Å²) in [5.74, 6) is -0.419. The van der Waals surface area contributed by atoms with Crippen LogP contribution in [0.5, 0.6) is 0 Å². The number of rotatable bonds is 44. The Morgan fingerprint density at radius 1 is 0.559 bits per heavy atom. The van der Waals surface area contributed by atoms with Crippen LogP contribution in [0.2, 0.25) is 0 Å². The highest BCUT2D eigenvalue weighted by atomic mass is 32.3. The van der Waals surface area contributed by atoms with Crippen molar-refractivity contribution in [2.75, 3.05) is 26.4 Å². The van der Waals surface area contributed by atoms with Gasteiger partial charge in [0.2, 0.25) is 0 Å². The first kappa shape index (κ1) is 63.0. The van der Waals surface area contributed by atoms with Gasteiger partial charge in [0.1, 0.15) is 30.5 Å². The summed E-state index contributed by atoms with van der Waals surface area (Å²) in [6.45, 7) is 3.73. The number of carbonyl (C=O) groups excluding carboxylic acids is 1. The molecule has 0 bridgehead atoms. The van der Waals surface area contributed by atoms with Crippen molar-refractivity contribution in [1.82, 2.24) is 0 Å². The average Bonchev–Trinajstić information content (AvgIpc) is 3.31. The molecule has 0 saturated carbocycles. The third-order valence-electron chi connectivity index (χ3n) is 11.2. The van der Waals surface area contributed by atoms with E-state index in [0.29, 0.717) is 13.0 Å². The molecule has 0 aliphatic carbocycles. The molecule has 12 nitrogen and oxygen atoms in total. The van der Waals surface area contributed by atoms with Crippen LogP contribution in [0.3, 0.4) is 0 Å². The van der Waals surface area contributed by atoms with Crippen molar-refractivity contribution in [2.24, 2.45) is 0 Å². The fourth-order valence-corrected chi connectivity index (χ4v) is 7.87. The van der Waals surface area contributed by atoms with E-state index >= 15 is 0 Å². The van der Waals surface area contributed by atoms with Crippen molar-refractivity contribution >= 4 is 16.4 Å².